The van der Waals surface area contributed by atoms with Crippen LogP contribution in [0.2, 0.25) is 0 Å². The maximum absolute atomic E-state index is 15.2. The van der Waals surface area contributed by atoms with Crippen LogP contribution in [-0.2, 0) is 28.5 Å². The molecule has 0 aromatic heterocycles. The number of hydrogen-bond acceptors (Lipinski definition) is 10. The molecule has 0 bridgehead atoms. The van der Waals surface area contributed by atoms with Crippen molar-refractivity contribution in [3.63, 3.8) is 0 Å². The van der Waals surface area contributed by atoms with Crippen molar-refractivity contribution < 1.29 is 32.9 Å². The van der Waals surface area contributed by atoms with Crippen LogP contribution < -0.4 is 0 Å². The van der Waals surface area contributed by atoms with Crippen molar-refractivity contribution in [3.05, 3.63) is 41.8 Å². The van der Waals surface area contributed by atoms with E-state index in [4.69, 9.17) is 41.1 Å². The minimum Gasteiger partial charge on any atom is -0.458 e. The molecule has 1 heterocycles. The Balaban J connectivity index is 2.55. The number of hydrogen-bond donors (Lipinski definition) is 0. The molecule has 2 rings (SSSR count). The quantitative estimate of drug-likeness (QED) is 0.193. The van der Waals surface area contributed by atoms with Crippen LogP contribution in [0.25, 0.3) is 41.8 Å². The van der Waals surface area contributed by atoms with Gasteiger partial charge in [0.25, 0.3) is 0 Å². The summed E-state index contributed by atoms with van der Waals surface area (Å²) in [6.07, 6.45) is -8.87. The number of nitrogens with zero attached hydrogens (tertiary/aromatic N) is 12. The van der Waals surface area contributed by atoms with Gasteiger partial charge in [-0.2, -0.15) is 0 Å². The van der Waals surface area contributed by atoms with Crippen molar-refractivity contribution in [1.82, 2.24) is 0 Å². The first-order valence-corrected chi connectivity index (χ1v) is 10.6. The summed E-state index contributed by atoms with van der Waals surface area (Å²) in [5.74, 6) is -2.51. The zero-order valence-electron chi connectivity index (χ0n) is 19.4. The number of halogens is 1. The molecule has 0 aromatic rings. The second-order valence-electron chi connectivity index (χ2n) is 7.98. The number of ether oxygens (including phenoxy) is 4. The second kappa shape index (κ2) is 13.2. The zero-order valence-corrected chi connectivity index (χ0v) is 19.4. The highest BCUT2D eigenvalue weighted by Gasteiger charge is 2.52. The van der Waals surface area contributed by atoms with Crippen LogP contribution in [-0.4, -0.2) is 73.5 Å². The summed E-state index contributed by atoms with van der Waals surface area (Å²) in [7, 11) is 0. The van der Waals surface area contributed by atoms with Crippen LogP contribution in [0.3, 0.4) is 0 Å². The summed E-state index contributed by atoms with van der Waals surface area (Å²) < 4.78 is 37.5. The van der Waals surface area contributed by atoms with Crippen molar-refractivity contribution in [1.29, 1.82) is 0 Å². The van der Waals surface area contributed by atoms with Crippen LogP contribution in [0, 0.1) is 5.92 Å². The lowest BCUT2D eigenvalue weighted by atomic mass is 9.83. The average molecular weight is 510 g/mol. The van der Waals surface area contributed by atoms with Crippen molar-refractivity contribution in [3.8, 4) is 0 Å². The smallest absolute Gasteiger partial charge is 0.303 e. The van der Waals surface area contributed by atoms with Crippen LogP contribution in [0.1, 0.15) is 27.2 Å². The lowest BCUT2D eigenvalue weighted by Gasteiger charge is -2.46. The molecule has 0 amide bonds. The molecule has 18 nitrogen and oxygen atoms in total. The maximum Gasteiger partial charge on any atom is 0.303 e. The molecule has 1 aliphatic carbocycles. The molecule has 0 spiro atoms. The van der Waals surface area contributed by atoms with Crippen molar-refractivity contribution in [2.75, 3.05) is 6.54 Å². The monoisotopic (exact) mass is 510 g/mol. The van der Waals surface area contributed by atoms with Gasteiger partial charge in [0.05, 0.1) is 24.7 Å². The standard InChI is InChI=1S/C17H23FN12O6/c1-6-11(5-23-27-19)35-17(13(12(6)18)26-30-22)36-15-10(25-29-21)4-9(24-28-20)14(33-7(2)31)16(15)34-8(3)32/h6,9-17H,4-5H2,1-3H3/t6-,9-,10+,11-,12+,13-,14+,15-,16?,17-/m1/s1. The molecule has 2 aliphatic rings. The van der Waals surface area contributed by atoms with E-state index in [0.717, 1.165) is 13.8 Å². The topological polar surface area (TPSA) is 266 Å². The van der Waals surface area contributed by atoms with E-state index in [9.17, 15) is 9.59 Å². The van der Waals surface area contributed by atoms with Gasteiger partial charge in [0.1, 0.15) is 24.4 Å². The highest BCUT2D eigenvalue weighted by Crippen LogP contribution is 2.37. The third kappa shape index (κ3) is 6.79. The lowest BCUT2D eigenvalue weighted by Crippen LogP contribution is -2.61. The summed E-state index contributed by atoms with van der Waals surface area (Å²) in [6, 6.07) is -3.82. The molecule has 0 radical (unpaired) electrons. The molecule has 10 atom stereocenters. The SMILES string of the molecule is CC(=O)OC1[C@@H](OC(C)=O)[C@H](N=[N+]=[N-])C[C@H](N=[N+]=[N-])[C@H]1O[C@H]1O[C@H](CN=[N+]=[N-])[C@@H](C)[C@H](F)[C@H]1N=[N+]=[N-]. The van der Waals surface area contributed by atoms with Crippen LogP contribution >= 0.6 is 0 Å². The Morgan fingerprint density at radius 1 is 0.917 bits per heavy atom. The van der Waals surface area contributed by atoms with E-state index in [0.29, 0.717) is 0 Å². The van der Waals surface area contributed by atoms with Gasteiger partial charge < -0.3 is 18.9 Å². The Morgan fingerprint density at radius 2 is 1.47 bits per heavy atom. The van der Waals surface area contributed by atoms with Crippen LogP contribution in [0.15, 0.2) is 20.5 Å². The first-order valence-electron chi connectivity index (χ1n) is 10.6. The van der Waals surface area contributed by atoms with Gasteiger partial charge in [0.15, 0.2) is 12.4 Å². The number of azide groups is 4. The van der Waals surface area contributed by atoms with Crippen LogP contribution in [0.5, 0.6) is 0 Å². The minimum atomic E-state index is -1.80. The average Bonchev–Trinajstić information content (AvgIpc) is 2.81. The fourth-order valence-corrected chi connectivity index (χ4v) is 4.14. The van der Waals surface area contributed by atoms with Crippen molar-refractivity contribution in [2.45, 2.75) is 82.2 Å². The summed E-state index contributed by atoms with van der Waals surface area (Å²) in [5, 5.41) is 14.0. The predicted octanol–water partition coefficient (Wildman–Crippen LogP) is 3.68. The molecule has 1 saturated carbocycles. The van der Waals surface area contributed by atoms with E-state index in [1.165, 1.54) is 6.92 Å². The van der Waals surface area contributed by atoms with E-state index >= 15 is 4.39 Å². The fourth-order valence-electron chi connectivity index (χ4n) is 4.14. The van der Waals surface area contributed by atoms with E-state index in [1.807, 2.05) is 0 Å². The van der Waals surface area contributed by atoms with Crippen molar-refractivity contribution >= 4 is 11.9 Å². The molecule has 1 saturated heterocycles. The van der Waals surface area contributed by atoms with Gasteiger partial charge in [0.2, 0.25) is 0 Å². The lowest BCUT2D eigenvalue weighted by molar-refractivity contribution is -0.274. The Hall–Kier alpha value is -3.97. The summed E-state index contributed by atoms with van der Waals surface area (Å²) in [5.41, 5.74) is 35.7. The summed E-state index contributed by atoms with van der Waals surface area (Å²) in [4.78, 5) is 34.4. The largest absolute Gasteiger partial charge is 0.458 e. The Labute approximate surface area is 202 Å². The zero-order chi connectivity index (χ0) is 26.8. The first-order chi connectivity index (χ1) is 17.2. The number of esters is 2. The molecular formula is C17H23FN12O6. The van der Waals surface area contributed by atoms with Crippen LogP contribution in [0.4, 0.5) is 4.39 Å². The van der Waals surface area contributed by atoms with Gasteiger partial charge in [-0.3, -0.25) is 9.59 Å². The third-order valence-electron chi connectivity index (χ3n) is 5.70. The highest BCUT2D eigenvalue weighted by molar-refractivity contribution is 5.67. The normalized spacial score (nSPS) is 35.4. The van der Waals surface area contributed by atoms with E-state index in [1.54, 1.807) is 0 Å². The third-order valence-corrected chi connectivity index (χ3v) is 5.70. The molecule has 19 heteroatoms. The molecule has 2 fully saturated rings. The molecular weight excluding hydrogens is 487 g/mol. The number of carbonyl (C=O) groups is 2. The maximum atomic E-state index is 15.2. The number of carbonyl (C=O) groups excluding carboxylic acids is 2. The number of rotatable bonds is 9. The Morgan fingerprint density at radius 3 is 2.00 bits per heavy atom. The fraction of sp³-hybridized carbons (Fsp3) is 0.882. The van der Waals surface area contributed by atoms with Gasteiger partial charge in [-0.15, -0.1) is 0 Å². The van der Waals surface area contributed by atoms with E-state index in [-0.39, 0.29) is 13.0 Å². The molecule has 0 N–H and O–H groups in total. The summed E-state index contributed by atoms with van der Waals surface area (Å²) in [6.45, 7) is 3.32. The molecule has 36 heavy (non-hydrogen) atoms. The van der Waals surface area contributed by atoms with Gasteiger partial charge >= 0.3 is 11.9 Å². The van der Waals surface area contributed by atoms with E-state index < -0.39 is 72.9 Å². The number of alkyl halides is 1. The molecule has 0 aromatic carbocycles. The second-order valence-corrected chi connectivity index (χ2v) is 7.98. The molecule has 194 valence electrons. The predicted molar refractivity (Wildman–Crippen MR) is 116 cm³/mol. The molecule has 1 unspecified atom stereocenters. The highest BCUT2D eigenvalue weighted by atomic mass is 19.1. The van der Waals surface area contributed by atoms with Gasteiger partial charge in [-0.05, 0) is 28.5 Å². The first kappa shape index (κ1) is 28.3. The van der Waals surface area contributed by atoms with Crippen molar-refractivity contribution in [2.24, 2.45) is 26.4 Å². The van der Waals surface area contributed by atoms with Gasteiger partial charge in [0, 0.05) is 39.4 Å². The van der Waals surface area contributed by atoms with Gasteiger partial charge in [-0.1, -0.05) is 27.4 Å². The van der Waals surface area contributed by atoms with Gasteiger partial charge in [-0.25, -0.2) is 4.39 Å². The Kier molecular flexibility index (Phi) is 10.4. The molecule has 1 aliphatic heterocycles. The summed E-state index contributed by atoms with van der Waals surface area (Å²) >= 11 is 0. The minimum absolute atomic E-state index is 0.203. The van der Waals surface area contributed by atoms with E-state index in [2.05, 4.69) is 40.1 Å². The Bertz CT molecular complexity index is 1020.